The van der Waals surface area contributed by atoms with Crippen LogP contribution in [0.15, 0.2) is 47.4 Å². The van der Waals surface area contributed by atoms with Gasteiger partial charge in [0.25, 0.3) is 0 Å². The minimum atomic E-state index is -0.898. The van der Waals surface area contributed by atoms with Crippen LogP contribution in [0.4, 0.5) is 0 Å². The Labute approximate surface area is 171 Å². The van der Waals surface area contributed by atoms with Gasteiger partial charge in [0.2, 0.25) is 0 Å². The number of hydrogen-bond donors (Lipinski definition) is 1. The first-order valence-electron chi connectivity index (χ1n) is 9.86. The molecule has 0 saturated heterocycles. The Morgan fingerprint density at radius 3 is 2.57 bits per heavy atom. The van der Waals surface area contributed by atoms with Crippen molar-refractivity contribution in [3.63, 3.8) is 0 Å². The molecule has 1 aliphatic heterocycles. The van der Waals surface area contributed by atoms with Crippen LogP contribution in [0, 0.1) is 0 Å². The van der Waals surface area contributed by atoms with Crippen molar-refractivity contribution >= 4 is 29.9 Å². The predicted molar refractivity (Wildman–Crippen MR) is 117 cm³/mol. The molecule has 1 unspecified atom stereocenters. The number of thioether (sulfide) groups is 1. The van der Waals surface area contributed by atoms with Crippen LogP contribution in [0.3, 0.4) is 0 Å². The van der Waals surface area contributed by atoms with Gasteiger partial charge in [-0.25, -0.2) is 4.79 Å². The lowest BCUT2D eigenvalue weighted by Crippen LogP contribution is -2.31. The van der Waals surface area contributed by atoms with E-state index in [1.54, 1.807) is 12.1 Å². The van der Waals surface area contributed by atoms with Gasteiger partial charge in [-0.05, 0) is 59.9 Å². The summed E-state index contributed by atoms with van der Waals surface area (Å²) in [7, 11) is 1.81. The van der Waals surface area contributed by atoms with Gasteiger partial charge in [-0.3, -0.25) is 0 Å². The maximum absolute atomic E-state index is 11.0. The molecule has 0 spiro atoms. The van der Waals surface area contributed by atoms with Gasteiger partial charge in [0.15, 0.2) is 0 Å². The van der Waals surface area contributed by atoms with Crippen LogP contribution in [0.1, 0.15) is 59.7 Å². The fourth-order valence-corrected chi connectivity index (χ4v) is 5.26. The average Bonchev–Trinajstić information content (AvgIpc) is 2.87. The van der Waals surface area contributed by atoms with E-state index in [0.29, 0.717) is 5.56 Å². The molecule has 0 radical (unpaired) electrons. The molecule has 1 heterocycles. The molecule has 0 aliphatic carbocycles. The molecule has 3 nitrogen and oxygen atoms in total. The number of benzene rings is 2. The second-order valence-corrected chi connectivity index (χ2v) is 8.57. The second-order valence-electron chi connectivity index (χ2n) is 7.43. The average molecular weight is 397 g/mol. The molecule has 148 valence electrons. The number of carbonyl (C=O) groups is 1. The lowest BCUT2D eigenvalue weighted by molar-refractivity contribution is 0.0697. The number of ether oxygens (including phenoxy) is 1. The SMILES string of the molecule is CCCC1(COC)CCCSc2cc(C=Cc3ccc(C(=O)O)cc3)ccc21. The van der Waals surface area contributed by atoms with Gasteiger partial charge in [0.1, 0.15) is 0 Å². The molecule has 1 atom stereocenters. The molecule has 28 heavy (non-hydrogen) atoms. The molecule has 3 rings (SSSR count). The van der Waals surface area contributed by atoms with E-state index in [0.717, 1.165) is 30.8 Å². The van der Waals surface area contributed by atoms with Gasteiger partial charge in [0, 0.05) is 17.4 Å². The van der Waals surface area contributed by atoms with E-state index in [4.69, 9.17) is 9.84 Å². The summed E-state index contributed by atoms with van der Waals surface area (Å²) < 4.78 is 5.65. The Bertz CT molecular complexity index is 833. The van der Waals surface area contributed by atoms with E-state index in [1.165, 1.54) is 28.9 Å². The highest BCUT2D eigenvalue weighted by molar-refractivity contribution is 7.99. The highest BCUT2D eigenvalue weighted by Crippen LogP contribution is 2.44. The van der Waals surface area contributed by atoms with Gasteiger partial charge in [-0.2, -0.15) is 0 Å². The summed E-state index contributed by atoms with van der Waals surface area (Å²) in [5, 5.41) is 9.01. The summed E-state index contributed by atoms with van der Waals surface area (Å²) in [6.07, 6.45) is 8.83. The largest absolute Gasteiger partial charge is 0.478 e. The molecule has 2 aromatic rings. The van der Waals surface area contributed by atoms with Crippen molar-refractivity contribution < 1.29 is 14.6 Å². The Hall–Kier alpha value is -2.04. The molecule has 0 bridgehead atoms. The molecule has 0 fully saturated rings. The zero-order valence-electron chi connectivity index (χ0n) is 16.6. The van der Waals surface area contributed by atoms with Crippen molar-refractivity contribution in [1.82, 2.24) is 0 Å². The van der Waals surface area contributed by atoms with Crippen molar-refractivity contribution in [1.29, 1.82) is 0 Å². The van der Waals surface area contributed by atoms with E-state index >= 15 is 0 Å². The highest BCUT2D eigenvalue weighted by Gasteiger charge is 2.34. The number of carboxylic acid groups (broad SMARTS) is 1. The van der Waals surface area contributed by atoms with Crippen molar-refractivity contribution in [2.24, 2.45) is 0 Å². The summed E-state index contributed by atoms with van der Waals surface area (Å²) in [5.74, 6) is 0.247. The van der Waals surface area contributed by atoms with Crippen molar-refractivity contribution in [2.75, 3.05) is 19.5 Å². The van der Waals surface area contributed by atoms with Gasteiger partial charge in [-0.15, -0.1) is 11.8 Å². The topological polar surface area (TPSA) is 46.5 Å². The fraction of sp³-hybridized carbons (Fsp3) is 0.375. The molecule has 1 aliphatic rings. The summed E-state index contributed by atoms with van der Waals surface area (Å²) in [5.41, 5.74) is 4.02. The first-order valence-corrected chi connectivity index (χ1v) is 10.8. The molecular formula is C24H28O3S. The third-order valence-electron chi connectivity index (χ3n) is 5.41. The van der Waals surface area contributed by atoms with Crippen LogP contribution in [0.2, 0.25) is 0 Å². The van der Waals surface area contributed by atoms with Crippen LogP contribution in [0.25, 0.3) is 12.2 Å². The highest BCUT2D eigenvalue weighted by atomic mass is 32.2. The predicted octanol–water partition coefficient (Wildman–Crippen LogP) is 6.13. The molecular weight excluding hydrogens is 368 g/mol. The monoisotopic (exact) mass is 396 g/mol. The Balaban J connectivity index is 1.87. The molecule has 1 N–H and O–H groups in total. The maximum atomic E-state index is 11.0. The normalized spacial score (nSPS) is 19.4. The minimum Gasteiger partial charge on any atom is -0.478 e. The second kappa shape index (κ2) is 9.44. The molecule has 4 heteroatoms. The Morgan fingerprint density at radius 2 is 1.89 bits per heavy atom. The van der Waals surface area contributed by atoms with E-state index in [2.05, 4.69) is 31.2 Å². The van der Waals surface area contributed by atoms with E-state index in [-0.39, 0.29) is 5.41 Å². The van der Waals surface area contributed by atoms with Crippen LogP contribution in [-0.2, 0) is 10.2 Å². The molecule has 0 aromatic heterocycles. The molecule has 0 amide bonds. The number of rotatable bonds is 7. The quantitative estimate of drug-likeness (QED) is 0.572. The third-order valence-corrected chi connectivity index (χ3v) is 6.55. The third kappa shape index (κ3) is 4.68. The zero-order chi connectivity index (χ0) is 20.0. The smallest absolute Gasteiger partial charge is 0.335 e. The summed E-state index contributed by atoms with van der Waals surface area (Å²) in [4.78, 5) is 12.3. The number of methoxy groups -OCH3 is 1. The first kappa shape index (κ1) is 20.7. The van der Waals surface area contributed by atoms with E-state index in [1.807, 2.05) is 37.1 Å². The van der Waals surface area contributed by atoms with Gasteiger partial charge in [-0.1, -0.05) is 49.8 Å². The van der Waals surface area contributed by atoms with Gasteiger partial charge < -0.3 is 9.84 Å². The number of carboxylic acids is 1. The summed E-state index contributed by atoms with van der Waals surface area (Å²) in [6.45, 7) is 3.03. The lowest BCUT2D eigenvalue weighted by atomic mass is 9.74. The van der Waals surface area contributed by atoms with Crippen molar-refractivity contribution in [3.8, 4) is 0 Å². The Kier molecular flexibility index (Phi) is 6.97. The Morgan fingerprint density at radius 1 is 1.18 bits per heavy atom. The fourth-order valence-electron chi connectivity index (χ4n) is 4.09. The van der Waals surface area contributed by atoms with Gasteiger partial charge >= 0.3 is 5.97 Å². The first-order chi connectivity index (χ1) is 13.6. The van der Waals surface area contributed by atoms with Gasteiger partial charge in [0.05, 0.1) is 12.2 Å². The van der Waals surface area contributed by atoms with Crippen LogP contribution in [-0.4, -0.2) is 30.5 Å². The maximum Gasteiger partial charge on any atom is 0.335 e. The standard InChI is InChI=1S/C24H28O3S/c1-3-13-24(17-27-2)14-4-15-28-22-16-19(9-12-21(22)24)6-5-18-7-10-20(11-8-18)23(25)26/h5-12,16H,3-4,13-15,17H2,1-2H3,(H,25,26). The number of hydrogen-bond acceptors (Lipinski definition) is 3. The van der Waals surface area contributed by atoms with Crippen LogP contribution >= 0.6 is 11.8 Å². The van der Waals surface area contributed by atoms with Crippen molar-refractivity contribution in [3.05, 3.63) is 64.7 Å². The zero-order valence-corrected chi connectivity index (χ0v) is 17.4. The van der Waals surface area contributed by atoms with Crippen LogP contribution in [0.5, 0.6) is 0 Å². The minimum absolute atomic E-state index is 0.122. The molecule has 0 saturated carbocycles. The van der Waals surface area contributed by atoms with Crippen molar-refractivity contribution in [2.45, 2.75) is 42.9 Å². The summed E-state index contributed by atoms with van der Waals surface area (Å²) >= 11 is 1.95. The van der Waals surface area contributed by atoms with E-state index < -0.39 is 5.97 Å². The van der Waals surface area contributed by atoms with Crippen LogP contribution < -0.4 is 0 Å². The molecule has 2 aromatic carbocycles. The summed E-state index contributed by atoms with van der Waals surface area (Å²) in [6, 6.07) is 13.7. The number of fused-ring (bicyclic) bond motifs is 1. The number of aromatic carboxylic acids is 1. The lowest BCUT2D eigenvalue weighted by Gasteiger charge is -2.33. The van der Waals surface area contributed by atoms with E-state index in [9.17, 15) is 4.79 Å².